The van der Waals surface area contributed by atoms with Crippen LogP contribution in [0.1, 0.15) is 38.2 Å². The van der Waals surface area contributed by atoms with Crippen LogP contribution < -0.4 is 10.1 Å². The van der Waals surface area contributed by atoms with Crippen LogP contribution >= 0.6 is 0 Å². The van der Waals surface area contributed by atoms with Crippen molar-refractivity contribution in [2.75, 3.05) is 20.8 Å². The molecule has 118 valence electrons. The molecule has 3 nitrogen and oxygen atoms in total. The van der Waals surface area contributed by atoms with Crippen LogP contribution in [0.15, 0.2) is 18.2 Å². The third kappa shape index (κ3) is 3.74. The Labute approximate surface area is 126 Å². The zero-order valence-electron chi connectivity index (χ0n) is 13.2. The Kier molecular flexibility index (Phi) is 5.59. The third-order valence-electron chi connectivity index (χ3n) is 4.54. The van der Waals surface area contributed by atoms with Gasteiger partial charge in [0, 0.05) is 13.2 Å². The lowest BCUT2D eigenvalue weighted by atomic mass is 9.75. The molecule has 0 aliphatic heterocycles. The summed E-state index contributed by atoms with van der Waals surface area (Å²) in [6, 6.07) is 5.55. The van der Waals surface area contributed by atoms with Gasteiger partial charge in [-0.05, 0) is 50.3 Å². The highest BCUT2D eigenvalue weighted by molar-refractivity contribution is 5.31. The van der Waals surface area contributed by atoms with Crippen LogP contribution in [0.2, 0.25) is 0 Å². The van der Waals surface area contributed by atoms with Crippen molar-refractivity contribution in [3.05, 3.63) is 29.6 Å². The average molecular weight is 295 g/mol. The maximum absolute atomic E-state index is 14.3. The van der Waals surface area contributed by atoms with E-state index in [1.54, 1.807) is 13.2 Å². The molecule has 0 radical (unpaired) electrons. The van der Waals surface area contributed by atoms with Crippen molar-refractivity contribution >= 4 is 0 Å². The lowest BCUT2D eigenvalue weighted by Crippen LogP contribution is -2.46. The van der Waals surface area contributed by atoms with Crippen molar-refractivity contribution in [3.63, 3.8) is 0 Å². The number of likely N-dealkylation sites (N-methyl/N-ethyl adjacent to an activating group) is 1. The first-order valence-corrected chi connectivity index (χ1v) is 7.74. The summed E-state index contributed by atoms with van der Waals surface area (Å²) in [4.78, 5) is 0. The van der Waals surface area contributed by atoms with E-state index in [9.17, 15) is 4.39 Å². The topological polar surface area (TPSA) is 30.5 Å². The van der Waals surface area contributed by atoms with Crippen molar-refractivity contribution in [1.82, 2.24) is 5.32 Å². The van der Waals surface area contributed by atoms with E-state index in [0.29, 0.717) is 17.7 Å². The van der Waals surface area contributed by atoms with Crippen molar-refractivity contribution < 1.29 is 13.9 Å². The molecule has 4 heteroatoms. The molecule has 0 heterocycles. The predicted octanol–water partition coefficient (Wildman–Crippen LogP) is 3.31. The number of methoxy groups -OCH3 is 2. The second-order valence-corrected chi connectivity index (χ2v) is 5.84. The van der Waals surface area contributed by atoms with Crippen molar-refractivity contribution in [2.24, 2.45) is 0 Å². The minimum absolute atomic E-state index is 0.0117. The molecule has 0 aromatic heterocycles. The van der Waals surface area contributed by atoms with Gasteiger partial charge in [-0.2, -0.15) is 0 Å². The van der Waals surface area contributed by atoms with Crippen LogP contribution in [0.4, 0.5) is 4.39 Å². The number of rotatable bonds is 8. The highest BCUT2D eigenvalue weighted by Crippen LogP contribution is 2.39. The zero-order valence-corrected chi connectivity index (χ0v) is 13.2. The standard InChI is InChI=1S/C17H26FNO2/c1-4-19-14(12-17(21-3)9-6-10-17)11-13-7-5-8-15(20-2)16(13)18/h5,7-8,14,19H,4,6,9-12H2,1-3H3. The van der Waals surface area contributed by atoms with E-state index in [0.717, 1.165) is 25.8 Å². The molecule has 1 saturated carbocycles. The quantitative estimate of drug-likeness (QED) is 0.798. The van der Waals surface area contributed by atoms with Crippen LogP contribution in [-0.2, 0) is 11.2 Å². The largest absolute Gasteiger partial charge is 0.494 e. The number of hydrogen-bond acceptors (Lipinski definition) is 3. The van der Waals surface area contributed by atoms with Gasteiger partial charge < -0.3 is 14.8 Å². The van der Waals surface area contributed by atoms with E-state index in [2.05, 4.69) is 12.2 Å². The first-order chi connectivity index (χ1) is 10.1. The molecule has 0 amide bonds. The number of nitrogens with one attached hydrogen (secondary N) is 1. The first-order valence-electron chi connectivity index (χ1n) is 7.74. The maximum Gasteiger partial charge on any atom is 0.168 e. The van der Waals surface area contributed by atoms with Crippen LogP contribution in [0.5, 0.6) is 5.75 Å². The molecule has 0 bridgehead atoms. The molecule has 2 rings (SSSR count). The van der Waals surface area contributed by atoms with Crippen LogP contribution in [0, 0.1) is 5.82 Å². The minimum atomic E-state index is -0.247. The van der Waals surface area contributed by atoms with Crippen LogP contribution in [0.3, 0.4) is 0 Å². The lowest BCUT2D eigenvalue weighted by Gasteiger charge is -2.43. The number of benzene rings is 1. The molecule has 1 aromatic carbocycles. The molecule has 1 N–H and O–H groups in total. The summed E-state index contributed by atoms with van der Waals surface area (Å²) in [7, 11) is 3.28. The average Bonchev–Trinajstić information content (AvgIpc) is 2.45. The van der Waals surface area contributed by atoms with E-state index in [-0.39, 0.29) is 17.5 Å². The Morgan fingerprint density at radius 3 is 2.62 bits per heavy atom. The van der Waals surface area contributed by atoms with E-state index in [4.69, 9.17) is 9.47 Å². The molecule has 1 unspecified atom stereocenters. The molecular formula is C17H26FNO2. The second kappa shape index (κ2) is 7.23. The zero-order chi connectivity index (χ0) is 15.3. The highest BCUT2D eigenvalue weighted by Gasteiger charge is 2.39. The molecule has 1 aliphatic carbocycles. The van der Waals surface area contributed by atoms with Crippen molar-refractivity contribution in [3.8, 4) is 5.75 Å². The normalized spacial score (nSPS) is 18.1. The number of halogens is 1. The summed E-state index contributed by atoms with van der Waals surface area (Å²) in [5, 5.41) is 3.47. The number of hydrogen-bond donors (Lipinski definition) is 1. The summed E-state index contributed by atoms with van der Waals surface area (Å²) in [6.07, 6.45) is 5.01. The van der Waals surface area contributed by atoms with E-state index in [1.807, 2.05) is 12.1 Å². The molecule has 1 atom stereocenters. The molecule has 1 aromatic rings. The van der Waals surface area contributed by atoms with Gasteiger partial charge in [0.15, 0.2) is 11.6 Å². The summed E-state index contributed by atoms with van der Waals surface area (Å²) in [5.41, 5.74) is 0.688. The SMILES string of the molecule is CCNC(Cc1cccc(OC)c1F)CC1(OC)CCC1. The van der Waals surface area contributed by atoms with Gasteiger partial charge in [-0.1, -0.05) is 19.1 Å². The fourth-order valence-corrected chi connectivity index (χ4v) is 3.15. The van der Waals surface area contributed by atoms with Gasteiger partial charge in [0.05, 0.1) is 12.7 Å². The fraction of sp³-hybridized carbons (Fsp3) is 0.647. The minimum Gasteiger partial charge on any atom is -0.494 e. The molecule has 0 spiro atoms. The molecule has 1 aliphatic rings. The van der Waals surface area contributed by atoms with Crippen molar-refractivity contribution in [2.45, 2.75) is 50.7 Å². The molecular weight excluding hydrogens is 269 g/mol. The molecule has 1 fully saturated rings. The lowest BCUT2D eigenvalue weighted by molar-refractivity contribution is -0.0833. The van der Waals surface area contributed by atoms with Gasteiger partial charge in [-0.15, -0.1) is 0 Å². The molecule has 0 saturated heterocycles. The van der Waals surface area contributed by atoms with Gasteiger partial charge >= 0.3 is 0 Å². The van der Waals surface area contributed by atoms with Crippen LogP contribution in [0.25, 0.3) is 0 Å². The second-order valence-electron chi connectivity index (χ2n) is 5.84. The van der Waals surface area contributed by atoms with E-state index in [1.165, 1.54) is 13.5 Å². The van der Waals surface area contributed by atoms with Crippen LogP contribution in [-0.4, -0.2) is 32.4 Å². The predicted molar refractivity (Wildman–Crippen MR) is 82.3 cm³/mol. The van der Waals surface area contributed by atoms with Gasteiger partial charge in [-0.3, -0.25) is 0 Å². The van der Waals surface area contributed by atoms with E-state index >= 15 is 0 Å². The van der Waals surface area contributed by atoms with Gasteiger partial charge in [-0.25, -0.2) is 4.39 Å². The summed E-state index contributed by atoms with van der Waals surface area (Å²) < 4.78 is 25.1. The fourth-order valence-electron chi connectivity index (χ4n) is 3.15. The van der Waals surface area contributed by atoms with E-state index < -0.39 is 0 Å². The Hall–Kier alpha value is -1.13. The summed E-state index contributed by atoms with van der Waals surface area (Å²) in [5.74, 6) is 0.0656. The third-order valence-corrected chi connectivity index (χ3v) is 4.54. The smallest absolute Gasteiger partial charge is 0.168 e. The summed E-state index contributed by atoms with van der Waals surface area (Å²) >= 11 is 0. The van der Waals surface area contributed by atoms with Gasteiger partial charge in [0.25, 0.3) is 0 Å². The van der Waals surface area contributed by atoms with Crippen molar-refractivity contribution in [1.29, 1.82) is 0 Å². The maximum atomic E-state index is 14.3. The first kappa shape index (κ1) is 16.2. The Morgan fingerprint density at radius 1 is 1.33 bits per heavy atom. The van der Waals surface area contributed by atoms with Gasteiger partial charge in [0.1, 0.15) is 0 Å². The highest BCUT2D eigenvalue weighted by atomic mass is 19.1. The Balaban J connectivity index is 2.09. The Morgan fingerprint density at radius 2 is 2.10 bits per heavy atom. The monoisotopic (exact) mass is 295 g/mol. The molecule has 21 heavy (non-hydrogen) atoms. The summed E-state index contributed by atoms with van der Waals surface area (Å²) in [6.45, 7) is 2.95. The number of ether oxygens (including phenoxy) is 2. The Bertz CT molecular complexity index is 455. The van der Waals surface area contributed by atoms with Gasteiger partial charge in [0.2, 0.25) is 0 Å².